The third kappa shape index (κ3) is 4.99. The predicted octanol–water partition coefficient (Wildman–Crippen LogP) is 4.29. The Morgan fingerprint density at radius 3 is 2.59 bits per heavy atom. The van der Waals surface area contributed by atoms with Crippen molar-refractivity contribution in [3.05, 3.63) is 24.3 Å². The molecule has 1 saturated heterocycles. The smallest absolute Gasteiger partial charge is 0.210 e. The lowest BCUT2D eigenvalue weighted by Gasteiger charge is -2.47. The van der Waals surface area contributed by atoms with Crippen molar-refractivity contribution in [1.29, 1.82) is 0 Å². The van der Waals surface area contributed by atoms with Gasteiger partial charge < -0.3 is 14.2 Å². The van der Waals surface area contributed by atoms with Crippen LogP contribution in [0.25, 0.3) is 10.2 Å². The van der Waals surface area contributed by atoms with Crippen LogP contribution < -0.4 is 0 Å². The number of rotatable bonds is 7. The molecule has 2 aromatic rings. The molecule has 5 atom stereocenters. The van der Waals surface area contributed by atoms with Gasteiger partial charge in [0, 0.05) is 18.9 Å². The van der Waals surface area contributed by atoms with E-state index < -0.39 is 15.6 Å². The molecular formula is C21H31NO5S2. The summed E-state index contributed by atoms with van der Waals surface area (Å²) in [5.74, 6) is -0.579. The molecule has 1 fully saturated rings. The van der Waals surface area contributed by atoms with E-state index in [1.165, 1.54) is 11.3 Å². The van der Waals surface area contributed by atoms with Crippen LogP contribution in [0.15, 0.2) is 28.6 Å². The van der Waals surface area contributed by atoms with E-state index in [0.29, 0.717) is 6.42 Å². The second-order valence-corrected chi connectivity index (χ2v) is 11.7. The summed E-state index contributed by atoms with van der Waals surface area (Å²) in [4.78, 5) is 4.32. The molecule has 0 N–H and O–H groups in total. The zero-order chi connectivity index (χ0) is 21.4. The zero-order valence-electron chi connectivity index (χ0n) is 17.9. The van der Waals surface area contributed by atoms with Crippen molar-refractivity contribution in [2.24, 2.45) is 11.8 Å². The number of methoxy groups -OCH3 is 1. The van der Waals surface area contributed by atoms with Crippen LogP contribution >= 0.6 is 11.3 Å². The van der Waals surface area contributed by atoms with Gasteiger partial charge in [0.05, 0.1) is 34.3 Å². The Labute approximate surface area is 177 Å². The summed E-state index contributed by atoms with van der Waals surface area (Å²) in [5, 5.41) is 0. The van der Waals surface area contributed by atoms with Crippen LogP contribution in [-0.4, -0.2) is 50.4 Å². The highest BCUT2D eigenvalue weighted by Gasteiger charge is 2.44. The van der Waals surface area contributed by atoms with Crippen molar-refractivity contribution in [1.82, 2.24) is 4.98 Å². The number of sulfone groups is 1. The third-order valence-corrected chi connectivity index (χ3v) is 9.04. The fourth-order valence-electron chi connectivity index (χ4n) is 3.88. The summed E-state index contributed by atoms with van der Waals surface area (Å²) >= 11 is 1.22. The molecule has 8 heteroatoms. The minimum Gasteiger partial charge on any atom is -0.381 e. The Morgan fingerprint density at radius 2 is 1.93 bits per heavy atom. The van der Waals surface area contributed by atoms with Crippen LogP contribution in [0.1, 0.15) is 41.0 Å². The van der Waals surface area contributed by atoms with E-state index in [-0.39, 0.29) is 40.2 Å². The van der Waals surface area contributed by atoms with Crippen LogP contribution in [0.5, 0.6) is 0 Å². The quantitative estimate of drug-likeness (QED) is 0.638. The maximum atomic E-state index is 12.9. The minimum absolute atomic E-state index is 0.00115. The highest BCUT2D eigenvalue weighted by atomic mass is 32.2. The number of thiazole rings is 1. The van der Waals surface area contributed by atoms with Crippen molar-refractivity contribution in [3.8, 4) is 0 Å². The van der Waals surface area contributed by atoms with Crippen molar-refractivity contribution in [3.63, 3.8) is 0 Å². The molecule has 1 aliphatic heterocycles. The topological polar surface area (TPSA) is 74.7 Å². The fraction of sp³-hybridized carbons (Fsp3) is 0.667. The Morgan fingerprint density at radius 1 is 1.24 bits per heavy atom. The zero-order valence-corrected chi connectivity index (χ0v) is 19.5. The minimum atomic E-state index is -3.48. The summed E-state index contributed by atoms with van der Waals surface area (Å²) in [6.07, 6.45) is 0.128. The van der Waals surface area contributed by atoms with E-state index in [1.54, 1.807) is 7.11 Å². The molecule has 1 aromatic carbocycles. The summed E-state index contributed by atoms with van der Waals surface area (Å²) in [6.45, 7) is 9.95. The van der Waals surface area contributed by atoms with E-state index in [2.05, 4.69) is 18.8 Å². The van der Waals surface area contributed by atoms with Crippen molar-refractivity contribution in [2.75, 3.05) is 12.9 Å². The van der Waals surface area contributed by atoms with Crippen LogP contribution in [0.3, 0.4) is 0 Å². The molecule has 0 aliphatic carbocycles. The van der Waals surface area contributed by atoms with Crippen LogP contribution in [-0.2, 0) is 24.0 Å². The SMILES string of the molecule is CO[C@@H](C)[C@@H](C)[C@@H]1OC(C)(C)O[C@@H](CCS(=O)(=O)c2nc3ccccc3s2)[C@H]1C. The van der Waals surface area contributed by atoms with Gasteiger partial charge in [-0.15, -0.1) is 11.3 Å². The van der Waals surface area contributed by atoms with Gasteiger partial charge in [0.15, 0.2) is 5.79 Å². The summed E-state index contributed by atoms with van der Waals surface area (Å²) in [7, 11) is -1.79. The van der Waals surface area contributed by atoms with Gasteiger partial charge in [-0.3, -0.25) is 0 Å². The van der Waals surface area contributed by atoms with Gasteiger partial charge in [-0.25, -0.2) is 13.4 Å². The molecule has 3 rings (SSSR count). The first-order valence-electron chi connectivity index (χ1n) is 10.0. The maximum Gasteiger partial charge on any atom is 0.210 e. The number of hydrogen-bond acceptors (Lipinski definition) is 7. The maximum absolute atomic E-state index is 12.9. The van der Waals surface area contributed by atoms with E-state index in [9.17, 15) is 8.42 Å². The summed E-state index contributed by atoms with van der Waals surface area (Å²) in [6, 6.07) is 7.47. The molecule has 0 amide bonds. The number of nitrogens with zero attached hydrogens (tertiary/aromatic N) is 1. The molecule has 0 radical (unpaired) electrons. The number of aromatic nitrogens is 1. The van der Waals surface area contributed by atoms with E-state index >= 15 is 0 Å². The lowest BCUT2D eigenvalue weighted by molar-refractivity contribution is -0.330. The number of hydrogen-bond donors (Lipinski definition) is 0. The molecule has 1 aromatic heterocycles. The second-order valence-electron chi connectivity index (χ2n) is 8.35. The first-order valence-corrected chi connectivity index (χ1v) is 12.5. The van der Waals surface area contributed by atoms with E-state index in [4.69, 9.17) is 14.2 Å². The molecule has 1 aliphatic rings. The molecule has 6 nitrogen and oxygen atoms in total. The Bertz CT molecular complexity index is 906. The average molecular weight is 442 g/mol. The number of fused-ring (bicyclic) bond motifs is 1. The summed E-state index contributed by atoms with van der Waals surface area (Å²) in [5.41, 5.74) is 0.718. The Hall–Kier alpha value is -1.06. The normalized spacial score (nSPS) is 27.0. The van der Waals surface area contributed by atoms with Gasteiger partial charge in [-0.05, 0) is 39.3 Å². The summed E-state index contributed by atoms with van der Waals surface area (Å²) < 4.78 is 44.7. The number of para-hydroxylation sites is 1. The average Bonchev–Trinajstić information content (AvgIpc) is 3.12. The lowest BCUT2D eigenvalue weighted by Crippen LogP contribution is -2.54. The van der Waals surface area contributed by atoms with Gasteiger partial charge >= 0.3 is 0 Å². The van der Waals surface area contributed by atoms with Crippen molar-refractivity contribution < 1.29 is 22.6 Å². The van der Waals surface area contributed by atoms with Gasteiger partial charge in [-0.2, -0.15) is 0 Å². The van der Waals surface area contributed by atoms with Crippen LogP contribution in [0.2, 0.25) is 0 Å². The van der Waals surface area contributed by atoms with Gasteiger partial charge in [0.2, 0.25) is 14.2 Å². The molecule has 0 spiro atoms. The third-order valence-electron chi connectivity index (χ3n) is 5.80. The highest BCUT2D eigenvalue weighted by Crippen LogP contribution is 2.37. The van der Waals surface area contributed by atoms with Gasteiger partial charge in [0.1, 0.15) is 0 Å². The molecule has 0 unspecified atom stereocenters. The standard InChI is InChI=1S/C21H31NO5S2/c1-13(15(3)25-6)19-14(2)17(26-21(4,5)27-19)11-12-29(23,24)20-22-16-9-7-8-10-18(16)28-20/h7-10,13-15,17,19H,11-12H2,1-6H3/t13-,14-,15+,17+,19+/m1/s1. The van der Waals surface area contributed by atoms with Crippen molar-refractivity contribution in [2.45, 2.75) is 69.5 Å². The van der Waals surface area contributed by atoms with E-state index in [0.717, 1.165) is 10.2 Å². The monoisotopic (exact) mass is 441 g/mol. The Kier molecular flexibility index (Phi) is 6.70. The first-order chi connectivity index (χ1) is 13.5. The molecule has 0 bridgehead atoms. The van der Waals surface area contributed by atoms with E-state index in [1.807, 2.05) is 45.0 Å². The van der Waals surface area contributed by atoms with Gasteiger partial charge in [-0.1, -0.05) is 26.0 Å². The van der Waals surface area contributed by atoms with Crippen LogP contribution in [0, 0.1) is 11.8 Å². The molecule has 0 saturated carbocycles. The Balaban J connectivity index is 1.75. The second kappa shape index (κ2) is 8.59. The van der Waals surface area contributed by atoms with Crippen LogP contribution in [0.4, 0.5) is 0 Å². The molecule has 2 heterocycles. The number of benzene rings is 1. The molecule has 29 heavy (non-hydrogen) atoms. The largest absolute Gasteiger partial charge is 0.381 e. The van der Waals surface area contributed by atoms with Gasteiger partial charge in [0.25, 0.3) is 0 Å². The van der Waals surface area contributed by atoms with Crippen molar-refractivity contribution >= 4 is 31.4 Å². The lowest BCUT2D eigenvalue weighted by atomic mass is 9.84. The molecule has 162 valence electrons. The predicted molar refractivity (Wildman–Crippen MR) is 115 cm³/mol. The first kappa shape index (κ1) is 22.6. The number of ether oxygens (including phenoxy) is 3. The fourth-order valence-corrected chi connectivity index (χ4v) is 6.56. The highest BCUT2D eigenvalue weighted by molar-refractivity contribution is 7.93. The molecular weight excluding hydrogens is 410 g/mol.